The Labute approximate surface area is 154 Å². The minimum absolute atomic E-state index is 0.0410. The molecule has 3 aromatic rings. The van der Waals surface area contributed by atoms with Gasteiger partial charge in [-0.1, -0.05) is 42.5 Å². The number of hydrogen-bond acceptors (Lipinski definition) is 3. The van der Waals surface area contributed by atoms with Gasteiger partial charge in [0, 0.05) is 17.2 Å². The van der Waals surface area contributed by atoms with Gasteiger partial charge in [0.25, 0.3) is 0 Å². The van der Waals surface area contributed by atoms with Crippen molar-refractivity contribution in [2.24, 2.45) is 0 Å². The van der Waals surface area contributed by atoms with Gasteiger partial charge >= 0.3 is 0 Å². The molecule has 0 unspecified atom stereocenters. The number of ether oxygens (including phenoxy) is 2. The van der Waals surface area contributed by atoms with Crippen molar-refractivity contribution in [1.29, 1.82) is 0 Å². The molecule has 0 atom stereocenters. The zero-order chi connectivity index (χ0) is 18.1. The van der Waals surface area contributed by atoms with Crippen molar-refractivity contribution in [3.8, 4) is 11.5 Å². The van der Waals surface area contributed by atoms with Crippen LogP contribution in [0.3, 0.4) is 0 Å². The van der Waals surface area contributed by atoms with Crippen molar-refractivity contribution in [2.75, 3.05) is 7.11 Å². The summed E-state index contributed by atoms with van der Waals surface area (Å²) < 4.78 is 11.2. The van der Waals surface area contributed by atoms with Crippen LogP contribution in [-0.4, -0.2) is 12.6 Å². The molecule has 0 aliphatic carbocycles. The maximum atomic E-state index is 5.95. The standard InChI is InChI=1S/C23H23NO2/c1-23(2)14-21-19-10-5-4-7-16(19)11-12-20(21)22(24-23)15-26-18-9-6-8-17(13-18)25-3/h4-13,15,24H,14H2,1-3H3. The van der Waals surface area contributed by atoms with Crippen molar-refractivity contribution in [2.45, 2.75) is 25.8 Å². The Morgan fingerprint density at radius 2 is 1.77 bits per heavy atom. The van der Waals surface area contributed by atoms with Gasteiger partial charge in [0.15, 0.2) is 0 Å². The number of benzene rings is 3. The summed E-state index contributed by atoms with van der Waals surface area (Å²) in [4.78, 5) is 0. The Balaban J connectivity index is 1.76. The van der Waals surface area contributed by atoms with Crippen LogP contribution in [0, 0.1) is 0 Å². The molecule has 1 aliphatic rings. The lowest BCUT2D eigenvalue weighted by molar-refractivity contribution is 0.406. The van der Waals surface area contributed by atoms with E-state index in [4.69, 9.17) is 9.47 Å². The van der Waals surface area contributed by atoms with Gasteiger partial charge in [-0.15, -0.1) is 0 Å². The summed E-state index contributed by atoms with van der Waals surface area (Å²) in [6, 6.07) is 20.6. The van der Waals surface area contributed by atoms with Crippen LogP contribution in [0.4, 0.5) is 0 Å². The lowest BCUT2D eigenvalue weighted by atomic mass is 9.83. The monoisotopic (exact) mass is 345 g/mol. The van der Waals surface area contributed by atoms with E-state index in [1.54, 1.807) is 7.11 Å². The predicted molar refractivity (Wildman–Crippen MR) is 106 cm³/mol. The van der Waals surface area contributed by atoms with Crippen molar-refractivity contribution in [1.82, 2.24) is 5.32 Å². The van der Waals surface area contributed by atoms with E-state index in [1.165, 1.54) is 21.9 Å². The molecule has 0 radical (unpaired) electrons. The van der Waals surface area contributed by atoms with Gasteiger partial charge < -0.3 is 14.8 Å². The predicted octanol–water partition coefficient (Wildman–Crippen LogP) is 5.15. The largest absolute Gasteiger partial charge is 0.497 e. The minimum atomic E-state index is -0.0410. The van der Waals surface area contributed by atoms with Gasteiger partial charge in [-0.05, 0) is 48.7 Å². The first kappa shape index (κ1) is 16.5. The first-order valence-corrected chi connectivity index (χ1v) is 8.86. The molecule has 4 rings (SSSR count). The SMILES string of the molecule is COc1cccc(OC=C2NC(C)(C)Cc3c2ccc2ccccc32)c1. The number of methoxy groups -OCH3 is 1. The number of rotatable bonds is 3. The zero-order valence-corrected chi connectivity index (χ0v) is 15.4. The molecular weight excluding hydrogens is 322 g/mol. The van der Waals surface area contributed by atoms with E-state index in [0.29, 0.717) is 0 Å². The first-order valence-electron chi connectivity index (χ1n) is 8.86. The number of fused-ring (bicyclic) bond motifs is 3. The lowest BCUT2D eigenvalue weighted by Gasteiger charge is -2.36. The normalized spacial score (nSPS) is 16.8. The summed E-state index contributed by atoms with van der Waals surface area (Å²) in [5.41, 5.74) is 3.53. The van der Waals surface area contributed by atoms with E-state index >= 15 is 0 Å². The van der Waals surface area contributed by atoms with Gasteiger partial charge in [-0.3, -0.25) is 0 Å². The third-order valence-electron chi connectivity index (χ3n) is 4.78. The zero-order valence-electron chi connectivity index (χ0n) is 15.4. The van der Waals surface area contributed by atoms with Crippen LogP contribution in [0.15, 0.2) is 66.9 Å². The average molecular weight is 345 g/mol. The van der Waals surface area contributed by atoms with E-state index in [0.717, 1.165) is 23.6 Å². The maximum absolute atomic E-state index is 5.95. The Morgan fingerprint density at radius 1 is 0.962 bits per heavy atom. The maximum Gasteiger partial charge on any atom is 0.130 e. The molecule has 0 amide bonds. The van der Waals surface area contributed by atoms with Gasteiger partial charge in [0.2, 0.25) is 0 Å². The second-order valence-electron chi connectivity index (χ2n) is 7.33. The highest BCUT2D eigenvalue weighted by molar-refractivity contribution is 5.91. The van der Waals surface area contributed by atoms with Crippen LogP contribution in [-0.2, 0) is 6.42 Å². The summed E-state index contributed by atoms with van der Waals surface area (Å²) >= 11 is 0. The smallest absolute Gasteiger partial charge is 0.130 e. The Kier molecular flexibility index (Phi) is 4.08. The van der Waals surface area contributed by atoms with Crippen LogP contribution in [0.5, 0.6) is 11.5 Å². The molecule has 1 N–H and O–H groups in total. The molecular formula is C23H23NO2. The van der Waals surface area contributed by atoms with E-state index in [2.05, 4.69) is 55.6 Å². The second kappa shape index (κ2) is 6.41. The molecule has 0 saturated heterocycles. The molecule has 0 bridgehead atoms. The van der Waals surface area contributed by atoms with Crippen molar-refractivity contribution >= 4 is 16.5 Å². The summed E-state index contributed by atoms with van der Waals surface area (Å²) in [6.45, 7) is 4.44. The summed E-state index contributed by atoms with van der Waals surface area (Å²) in [6.07, 6.45) is 2.78. The lowest BCUT2D eigenvalue weighted by Crippen LogP contribution is -2.43. The molecule has 1 aliphatic heterocycles. The Bertz CT molecular complexity index is 988. The fourth-order valence-electron chi connectivity index (χ4n) is 3.59. The Hall–Kier alpha value is -2.94. The van der Waals surface area contributed by atoms with Crippen molar-refractivity contribution in [3.05, 3.63) is 78.1 Å². The molecule has 132 valence electrons. The Morgan fingerprint density at radius 3 is 2.62 bits per heavy atom. The summed E-state index contributed by atoms with van der Waals surface area (Å²) in [5.74, 6) is 1.54. The van der Waals surface area contributed by atoms with Crippen LogP contribution in [0.1, 0.15) is 25.0 Å². The third-order valence-corrected chi connectivity index (χ3v) is 4.78. The molecule has 0 aromatic heterocycles. The first-order chi connectivity index (χ1) is 12.6. The van der Waals surface area contributed by atoms with Gasteiger partial charge in [0.1, 0.15) is 17.8 Å². The van der Waals surface area contributed by atoms with Crippen LogP contribution in [0.2, 0.25) is 0 Å². The number of hydrogen-bond donors (Lipinski definition) is 1. The van der Waals surface area contributed by atoms with Crippen molar-refractivity contribution < 1.29 is 9.47 Å². The van der Waals surface area contributed by atoms with Crippen molar-refractivity contribution in [3.63, 3.8) is 0 Å². The molecule has 0 fully saturated rings. The number of nitrogens with one attached hydrogen (secondary N) is 1. The molecule has 3 nitrogen and oxygen atoms in total. The highest BCUT2D eigenvalue weighted by Crippen LogP contribution is 2.35. The van der Waals surface area contributed by atoms with Crippen LogP contribution in [0.25, 0.3) is 16.5 Å². The molecule has 26 heavy (non-hydrogen) atoms. The molecule has 1 heterocycles. The molecule has 3 aromatic carbocycles. The highest BCUT2D eigenvalue weighted by atomic mass is 16.5. The van der Waals surface area contributed by atoms with Gasteiger partial charge in [-0.2, -0.15) is 0 Å². The van der Waals surface area contributed by atoms with E-state index < -0.39 is 0 Å². The van der Waals surface area contributed by atoms with Crippen LogP contribution < -0.4 is 14.8 Å². The fourth-order valence-corrected chi connectivity index (χ4v) is 3.59. The van der Waals surface area contributed by atoms with Crippen LogP contribution >= 0.6 is 0 Å². The van der Waals surface area contributed by atoms with E-state index in [9.17, 15) is 0 Å². The molecule has 0 saturated carbocycles. The average Bonchev–Trinajstić information content (AvgIpc) is 2.65. The van der Waals surface area contributed by atoms with E-state index in [-0.39, 0.29) is 5.54 Å². The van der Waals surface area contributed by atoms with Gasteiger partial charge in [0.05, 0.1) is 12.8 Å². The molecule has 0 spiro atoms. The second-order valence-corrected chi connectivity index (χ2v) is 7.33. The third kappa shape index (κ3) is 3.13. The summed E-state index contributed by atoms with van der Waals surface area (Å²) in [5, 5.41) is 6.20. The minimum Gasteiger partial charge on any atom is -0.497 e. The summed E-state index contributed by atoms with van der Waals surface area (Å²) in [7, 11) is 1.66. The quantitative estimate of drug-likeness (QED) is 0.666. The highest BCUT2D eigenvalue weighted by Gasteiger charge is 2.29. The molecule has 3 heteroatoms. The van der Waals surface area contributed by atoms with E-state index in [1.807, 2.05) is 30.5 Å². The topological polar surface area (TPSA) is 30.5 Å². The fraction of sp³-hybridized carbons (Fsp3) is 0.217. The van der Waals surface area contributed by atoms with Gasteiger partial charge in [-0.25, -0.2) is 0 Å².